The van der Waals surface area contributed by atoms with Crippen molar-refractivity contribution in [3.05, 3.63) is 70.7 Å². The Morgan fingerprint density at radius 2 is 1.71 bits per heavy atom. The summed E-state index contributed by atoms with van der Waals surface area (Å²) in [5.41, 5.74) is -0.0638. The van der Waals surface area contributed by atoms with E-state index in [1.807, 2.05) is 75.4 Å². The third-order valence-corrected chi connectivity index (χ3v) is 7.04. The third kappa shape index (κ3) is 4.94. The van der Waals surface area contributed by atoms with E-state index in [9.17, 15) is 9.90 Å². The van der Waals surface area contributed by atoms with Crippen LogP contribution in [0, 0.1) is 23.2 Å². The number of allylic oxidation sites excluding steroid dienone is 1. The fourth-order valence-electron chi connectivity index (χ4n) is 5.18. The van der Waals surface area contributed by atoms with E-state index in [1.54, 1.807) is 6.08 Å². The van der Waals surface area contributed by atoms with Gasteiger partial charge in [0.15, 0.2) is 0 Å². The Morgan fingerprint density at radius 3 is 2.23 bits per heavy atom. The van der Waals surface area contributed by atoms with E-state index >= 15 is 0 Å². The number of para-hydroxylation sites is 1. The number of carboxylic acid groups (broad SMARTS) is 1. The van der Waals surface area contributed by atoms with Crippen molar-refractivity contribution < 1.29 is 14.6 Å². The molecule has 1 saturated carbocycles. The molecule has 1 fully saturated rings. The van der Waals surface area contributed by atoms with Crippen molar-refractivity contribution in [1.29, 1.82) is 0 Å². The van der Waals surface area contributed by atoms with Crippen LogP contribution in [-0.2, 0) is 4.79 Å². The first-order valence-corrected chi connectivity index (χ1v) is 11.6. The van der Waals surface area contributed by atoms with Gasteiger partial charge in [-0.2, -0.15) is 0 Å². The monoisotopic (exact) mass is 460 g/mol. The summed E-state index contributed by atoms with van der Waals surface area (Å²) < 4.78 is 6.16. The van der Waals surface area contributed by atoms with Crippen molar-refractivity contribution in [1.82, 2.24) is 0 Å². The molecule has 2 aromatic carbocycles. The van der Waals surface area contributed by atoms with Gasteiger partial charge in [0, 0.05) is 5.92 Å². The average Bonchev–Trinajstić information content (AvgIpc) is 2.66. The molecule has 3 nitrogen and oxygen atoms in total. The van der Waals surface area contributed by atoms with Crippen LogP contribution in [0.4, 0.5) is 0 Å². The molecule has 0 radical (unpaired) electrons. The summed E-state index contributed by atoms with van der Waals surface area (Å²) in [6.45, 7) is 5.88. The fourth-order valence-corrected chi connectivity index (χ4v) is 5.55. The number of benzene rings is 2. The van der Waals surface area contributed by atoms with Gasteiger partial charge in [-0.1, -0.05) is 86.8 Å². The van der Waals surface area contributed by atoms with E-state index < -0.39 is 11.4 Å². The minimum absolute atomic E-state index is 0.104. The lowest BCUT2D eigenvalue weighted by atomic mass is 9.52. The molecule has 2 aromatic rings. The summed E-state index contributed by atoms with van der Waals surface area (Å²) in [5, 5.41) is 10.6. The molecule has 5 heteroatoms. The number of hydrogen-bond acceptors (Lipinski definition) is 2. The molecule has 1 aliphatic carbocycles. The summed E-state index contributed by atoms with van der Waals surface area (Å²) in [7, 11) is 0. The van der Waals surface area contributed by atoms with Gasteiger partial charge in [-0.25, -0.2) is 0 Å². The van der Waals surface area contributed by atoms with Crippen LogP contribution in [0.5, 0.6) is 11.5 Å². The maximum Gasteiger partial charge on any atom is 0.311 e. The normalized spacial score (nSPS) is 17.9. The first-order chi connectivity index (χ1) is 14.8. The molecule has 0 aromatic heterocycles. The molecular formula is C26H30Cl2O3. The van der Waals surface area contributed by atoms with Crippen molar-refractivity contribution >= 4 is 29.2 Å². The number of carboxylic acids is 1. The summed E-state index contributed by atoms with van der Waals surface area (Å²) in [6.07, 6.45) is 4.82. The quantitative estimate of drug-likeness (QED) is 0.411. The maximum absolute atomic E-state index is 13.0. The molecule has 3 atom stereocenters. The second-order valence-corrected chi connectivity index (χ2v) is 9.80. The second-order valence-electron chi connectivity index (χ2n) is 8.79. The van der Waals surface area contributed by atoms with E-state index in [-0.39, 0.29) is 28.2 Å². The predicted octanol–water partition coefficient (Wildman–Crippen LogP) is 8.04. The summed E-state index contributed by atoms with van der Waals surface area (Å²) in [4.78, 5) is 13.0. The van der Waals surface area contributed by atoms with Gasteiger partial charge in [0.2, 0.25) is 0 Å². The van der Waals surface area contributed by atoms with Gasteiger partial charge in [-0.3, -0.25) is 4.79 Å². The maximum atomic E-state index is 13.0. The van der Waals surface area contributed by atoms with E-state index in [0.717, 1.165) is 30.6 Å². The van der Waals surface area contributed by atoms with E-state index in [1.165, 1.54) is 0 Å². The zero-order valence-electron chi connectivity index (χ0n) is 18.2. The van der Waals surface area contributed by atoms with Crippen LogP contribution in [0.3, 0.4) is 0 Å². The molecule has 1 N–H and O–H groups in total. The van der Waals surface area contributed by atoms with Crippen LogP contribution in [0.15, 0.2) is 65.2 Å². The zero-order chi connectivity index (χ0) is 22.6. The Bertz CT molecular complexity index is 917. The lowest BCUT2D eigenvalue weighted by molar-refractivity contribution is -0.159. The minimum Gasteiger partial charge on any atom is -0.481 e. The SMILES string of the molecule is CC(C)C(C(=O)O)(C(C)C=C(Cl)Cl)C(c1cccc(Oc2ccccc2)c1)C1CCC1. The first kappa shape index (κ1) is 23.7. The Hall–Kier alpha value is -1.97. The van der Waals surface area contributed by atoms with Gasteiger partial charge in [-0.15, -0.1) is 0 Å². The smallest absolute Gasteiger partial charge is 0.311 e. The van der Waals surface area contributed by atoms with E-state index in [2.05, 4.69) is 0 Å². The second kappa shape index (κ2) is 10.1. The summed E-state index contributed by atoms with van der Waals surface area (Å²) in [5.74, 6) is 0.264. The largest absolute Gasteiger partial charge is 0.481 e. The number of aliphatic carboxylic acids is 1. The Morgan fingerprint density at radius 1 is 1.06 bits per heavy atom. The number of ether oxygens (including phenoxy) is 1. The topological polar surface area (TPSA) is 46.5 Å². The van der Waals surface area contributed by atoms with Gasteiger partial charge in [0.25, 0.3) is 0 Å². The van der Waals surface area contributed by atoms with E-state index in [0.29, 0.717) is 5.75 Å². The molecule has 3 unspecified atom stereocenters. The molecule has 166 valence electrons. The molecule has 0 saturated heterocycles. The Balaban J connectivity index is 2.11. The zero-order valence-corrected chi connectivity index (χ0v) is 19.7. The molecule has 1 aliphatic rings. The molecule has 0 bridgehead atoms. The highest BCUT2D eigenvalue weighted by Gasteiger charge is 2.55. The highest BCUT2D eigenvalue weighted by Crippen LogP contribution is 2.57. The van der Waals surface area contributed by atoms with Crippen LogP contribution in [0.2, 0.25) is 0 Å². The van der Waals surface area contributed by atoms with Crippen molar-refractivity contribution in [2.45, 2.75) is 46.0 Å². The number of hydrogen-bond donors (Lipinski definition) is 1. The molecular weight excluding hydrogens is 431 g/mol. The van der Waals surface area contributed by atoms with Crippen LogP contribution >= 0.6 is 23.2 Å². The highest BCUT2D eigenvalue weighted by molar-refractivity contribution is 6.55. The molecule has 0 heterocycles. The van der Waals surface area contributed by atoms with Gasteiger partial charge < -0.3 is 9.84 Å². The standard InChI is InChI=1S/C26H30Cl2O3/c1-17(2)26(25(29)30,18(3)15-23(27)28)24(19-9-7-10-19)20-11-8-14-22(16-20)31-21-12-5-4-6-13-21/h4-6,8,11-19,24H,7,9-10H2,1-3H3,(H,29,30). The van der Waals surface area contributed by atoms with Crippen LogP contribution in [0.25, 0.3) is 0 Å². The van der Waals surface area contributed by atoms with Crippen molar-refractivity contribution in [3.63, 3.8) is 0 Å². The average molecular weight is 461 g/mol. The van der Waals surface area contributed by atoms with Gasteiger partial charge in [-0.05, 0) is 60.4 Å². The minimum atomic E-state index is -1.05. The Kier molecular flexibility index (Phi) is 7.72. The number of halogens is 2. The molecule has 0 spiro atoms. The highest BCUT2D eigenvalue weighted by atomic mass is 35.5. The summed E-state index contributed by atoms with van der Waals surface area (Å²) >= 11 is 12.0. The van der Waals surface area contributed by atoms with Crippen molar-refractivity contribution in [2.24, 2.45) is 23.2 Å². The van der Waals surface area contributed by atoms with Crippen molar-refractivity contribution in [3.8, 4) is 11.5 Å². The predicted molar refractivity (Wildman–Crippen MR) is 127 cm³/mol. The van der Waals surface area contributed by atoms with Crippen LogP contribution in [0.1, 0.15) is 51.5 Å². The van der Waals surface area contributed by atoms with Gasteiger partial charge >= 0.3 is 5.97 Å². The van der Waals surface area contributed by atoms with Gasteiger partial charge in [0.05, 0.1) is 5.41 Å². The molecule has 0 amide bonds. The third-order valence-electron chi connectivity index (χ3n) is 6.79. The van der Waals surface area contributed by atoms with Crippen molar-refractivity contribution in [2.75, 3.05) is 0 Å². The molecule has 0 aliphatic heterocycles. The Labute approximate surface area is 195 Å². The molecule has 31 heavy (non-hydrogen) atoms. The van der Waals surface area contributed by atoms with Crippen LogP contribution < -0.4 is 4.74 Å². The van der Waals surface area contributed by atoms with Crippen LogP contribution in [-0.4, -0.2) is 11.1 Å². The van der Waals surface area contributed by atoms with Gasteiger partial charge in [0.1, 0.15) is 16.0 Å². The fraction of sp³-hybridized carbons (Fsp3) is 0.423. The first-order valence-electron chi connectivity index (χ1n) is 10.9. The number of carbonyl (C=O) groups is 1. The summed E-state index contributed by atoms with van der Waals surface area (Å²) in [6, 6.07) is 17.5. The lowest BCUT2D eigenvalue weighted by Gasteiger charge is -2.50. The van der Waals surface area contributed by atoms with E-state index in [4.69, 9.17) is 27.9 Å². The number of rotatable bonds is 9. The lowest BCUT2D eigenvalue weighted by Crippen LogP contribution is -2.50. The molecule has 3 rings (SSSR count).